The van der Waals surface area contributed by atoms with Crippen molar-refractivity contribution in [1.82, 2.24) is 10.1 Å². The molecule has 3 aromatic rings. The van der Waals surface area contributed by atoms with E-state index in [0.717, 1.165) is 72.8 Å². The van der Waals surface area contributed by atoms with Crippen molar-refractivity contribution in [3.05, 3.63) is 65.2 Å². The van der Waals surface area contributed by atoms with Gasteiger partial charge in [-0.15, -0.1) is 0 Å². The second-order valence-electron chi connectivity index (χ2n) is 8.45. The average molecular weight is 419 g/mol. The van der Waals surface area contributed by atoms with Gasteiger partial charge in [0.25, 0.3) is 0 Å². The van der Waals surface area contributed by atoms with Crippen molar-refractivity contribution in [1.29, 1.82) is 0 Å². The van der Waals surface area contributed by atoms with E-state index in [9.17, 15) is 4.79 Å². The molecule has 162 valence electrons. The van der Waals surface area contributed by atoms with Crippen LogP contribution in [0, 0.1) is 6.92 Å². The van der Waals surface area contributed by atoms with Crippen LogP contribution < -0.4 is 10.2 Å². The summed E-state index contributed by atoms with van der Waals surface area (Å²) in [5.41, 5.74) is 5.05. The summed E-state index contributed by atoms with van der Waals surface area (Å²) in [4.78, 5) is 17.0. The lowest BCUT2D eigenvalue weighted by atomic mass is 10.1. The second-order valence-corrected chi connectivity index (χ2v) is 8.45. The summed E-state index contributed by atoms with van der Waals surface area (Å²) in [7, 11) is 0. The normalized spacial score (nSPS) is 14.6. The topological polar surface area (TPSA) is 61.6 Å². The quantitative estimate of drug-likeness (QED) is 0.601. The number of aromatic nitrogens is 1. The van der Waals surface area contributed by atoms with Gasteiger partial charge in [-0.25, -0.2) is 0 Å². The summed E-state index contributed by atoms with van der Waals surface area (Å²) >= 11 is 0. The number of carbonyl (C=O) groups excluding carboxylic acids is 1. The molecule has 1 N–H and O–H groups in total. The maximum absolute atomic E-state index is 12.2. The van der Waals surface area contributed by atoms with Crippen LogP contribution in [-0.2, 0) is 11.2 Å². The first kappa shape index (κ1) is 21.1. The molecule has 0 atom stereocenters. The largest absolute Gasteiger partial charge is 0.354 e. The lowest BCUT2D eigenvalue weighted by Gasteiger charge is -2.34. The number of allylic oxidation sites excluding steroid dienone is 1. The van der Waals surface area contributed by atoms with Crippen LogP contribution in [0.5, 0.6) is 0 Å². The Hall–Kier alpha value is -3.12. The lowest BCUT2D eigenvalue weighted by Crippen LogP contribution is -2.47. The molecule has 0 saturated carbocycles. The van der Waals surface area contributed by atoms with Crippen LogP contribution in [0.15, 0.2) is 58.6 Å². The van der Waals surface area contributed by atoms with Crippen molar-refractivity contribution >= 4 is 28.4 Å². The van der Waals surface area contributed by atoms with Crippen LogP contribution in [0.4, 0.5) is 11.5 Å². The van der Waals surface area contributed by atoms with Gasteiger partial charge in [0.05, 0.1) is 5.39 Å². The van der Waals surface area contributed by atoms with Crippen LogP contribution in [0.3, 0.4) is 0 Å². The first-order valence-electron chi connectivity index (χ1n) is 10.9. The molecular formula is C25H30N4O2. The van der Waals surface area contributed by atoms with Gasteiger partial charge in [-0.3, -0.25) is 9.69 Å². The summed E-state index contributed by atoms with van der Waals surface area (Å²) in [6.45, 7) is 10.7. The van der Waals surface area contributed by atoms with E-state index in [2.05, 4.69) is 44.5 Å². The summed E-state index contributed by atoms with van der Waals surface area (Å²) in [6.07, 6.45) is 2.54. The fraction of sp³-hybridized carbons (Fsp3) is 0.360. The molecular weight excluding hydrogens is 388 g/mol. The number of carbonyl (C=O) groups is 1. The zero-order valence-electron chi connectivity index (χ0n) is 18.5. The molecule has 6 heteroatoms. The Labute approximate surface area is 183 Å². The van der Waals surface area contributed by atoms with Gasteiger partial charge in [0.15, 0.2) is 11.4 Å². The smallest absolute Gasteiger partial charge is 0.248 e. The molecule has 0 aliphatic carbocycles. The highest BCUT2D eigenvalue weighted by Crippen LogP contribution is 2.26. The minimum Gasteiger partial charge on any atom is -0.354 e. The molecule has 1 aliphatic heterocycles. The number of nitrogens with one attached hydrogen (secondary N) is 1. The third kappa shape index (κ3) is 5.14. The monoisotopic (exact) mass is 418 g/mol. The Bertz CT molecular complexity index is 1090. The van der Waals surface area contributed by atoms with Gasteiger partial charge in [-0.05, 0) is 56.5 Å². The third-order valence-corrected chi connectivity index (χ3v) is 5.67. The summed E-state index contributed by atoms with van der Waals surface area (Å²) in [6, 6.07) is 14.3. The van der Waals surface area contributed by atoms with E-state index in [-0.39, 0.29) is 5.91 Å². The van der Waals surface area contributed by atoms with E-state index in [1.165, 1.54) is 5.56 Å². The first-order valence-corrected chi connectivity index (χ1v) is 10.9. The van der Waals surface area contributed by atoms with Gasteiger partial charge in [0, 0.05) is 44.5 Å². The van der Waals surface area contributed by atoms with E-state index in [4.69, 9.17) is 4.52 Å². The zero-order chi connectivity index (χ0) is 21.8. The number of rotatable bonds is 6. The number of hydrogen-bond donors (Lipinski definition) is 1. The molecule has 1 fully saturated rings. The van der Waals surface area contributed by atoms with Crippen LogP contribution in [0.2, 0.25) is 0 Å². The third-order valence-electron chi connectivity index (χ3n) is 5.67. The molecule has 1 aliphatic rings. The number of amides is 1. The van der Waals surface area contributed by atoms with Gasteiger partial charge < -0.3 is 14.7 Å². The summed E-state index contributed by atoms with van der Waals surface area (Å²) < 4.78 is 5.47. The van der Waals surface area contributed by atoms with Crippen LogP contribution >= 0.6 is 0 Å². The van der Waals surface area contributed by atoms with Crippen LogP contribution in [-0.4, -0.2) is 48.7 Å². The van der Waals surface area contributed by atoms with Gasteiger partial charge in [-0.2, -0.15) is 0 Å². The maximum Gasteiger partial charge on any atom is 0.248 e. The highest BCUT2D eigenvalue weighted by atomic mass is 16.5. The van der Waals surface area contributed by atoms with Crippen molar-refractivity contribution in [3.8, 4) is 0 Å². The Morgan fingerprint density at radius 1 is 1.13 bits per heavy atom. The predicted octanol–water partition coefficient (Wildman–Crippen LogP) is 4.41. The lowest BCUT2D eigenvalue weighted by molar-refractivity contribution is -0.111. The van der Waals surface area contributed by atoms with Crippen molar-refractivity contribution in [3.63, 3.8) is 0 Å². The number of fused-ring (bicyclic) bond motifs is 1. The van der Waals surface area contributed by atoms with E-state index >= 15 is 0 Å². The Morgan fingerprint density at radius 2 is 1.90 bits per heavy atom. The molecule has 1 saturated heterocycles. The molecule has 4 rings (SSSR count). The Kier molecular flexibility index (Phi) is 6.37. The van der Waals surface area contributed by atoms with Gasteiger partial charge in [-0.1, -0.05) is 35.0 Å². The minimum atomic E-state index is -0.0692. The number of hydrogen-bond acceptors (Lipinski definition) is 5. The Morgan fingerprint density at radius 3 is 2.68 bits per heavy atom. The van der Waals surface area contributed by atoms with Gasteiger partial charge >= 0.3 is 0 Å². The molecule has 6 nitrogen and oxygen atoms in total. The van der Waals surface area contributed by atoms with Crippen molar-refractivity contribution in [2.24, 2.45) is 0 Å². The highest BCUT2D eigenvalue weighted by molar-refractivity contribution is 6.00. The van der Waals surface area contributed by atoms with Crippen LogP contribution in [0.1, 0.15) is 25.0 Å². The van der Waals surface area contributed by atoms with Crippen molar-refractivity contribution in [2.45, 2.75) is 27.2 Å². The molecule has 2 aromatic carbocycles. The minimum absolute atomic E-state index is 0.0692. The summed E-state index contributed by atoms with van der Waals surface area (Å²) in [5.74, 6) is 0.873. The predicted molar refractivity (Wildman–Crippen MR) is 126 cm³/mol. The standard InChI is InChI=1S/C25H30N4O2/c1-18(2)16-24(30)26-22-17-19(3)8-9-20(22)10-11-28-12-14-29(15-13-28)25-21-6-4-5-7-23(21)31-27-25/h4-9,16-17H,10-15H2,1-3H3,(H,26,30). The first-order chi connectivity index (χ1) is 15.0. The van der Waals surface area contributed by atoms with Crippen molar-refractivity contribution < 1.29 is 9.32 Å². The average Bonchev–Trinajstić information content (AvgIpc) is 3.17. The van der Waals surface area contributed by atoms with Crippen molar-refractivity contribution in [2.75, 3.05) is 42.9 Å². The fourth-order valence-corrected chi connectivity index (χ4v) is 4.02. The van der Waals surface area contributed by atoms with E-state index in [0.29, 0.717) is 0 Å². The number of nitrogens with zero attached hydrogens (tertiary/aromatic N) is 3. The number of piperazine rings is 1. The summed E-state index contributed by atoms with van der Waals surface area (Å²) in [5, 5.41) is 8.42. The number of para-hydroxylation sites is 1. The maximum atomic E-state index is 12.2. The molecule has 0 unspecified atom stereocenters. The zero-order valence-corrected chi connectivity index (χ0v) is 18.5. The van der Waals surface area contributed by atoms with Crippen LogP contribution in [0.25, 0.3) is 11.0 Å². The molecule has 1 aromatic heterocycles. The van der Waals surface area contributed by atoms with Gasteiger partial charge in [0.2, 0.25) is 5.91 Å². The molecule has 0 bridgehead atoms. The Balaban J connectivity index is 1.35. The molecule has 1 amide bonds. The number of anilines is 2. The molecule has 0 radical (unpaired) electrons. The molecule has 31 heavy (non-hydrogen) atoms. The number of aryl methyl sites for hydroxylation is 1. The van der Waals surface area contributed by atoms with E-state index in [1.54, 1.807) is 6.08 Å². The number of benzene rings is 2. The molecule has 2 heterocycles. The van der Waals surface area contributed by atoms with Gasteiger partial charge in [0.1, 0.15) is 0 Å². The van der Waals surface area contributed by atoms with E-state index < -0.39 is 0 Å². The SMILES string of the molecule is CC(C)=CC(=O)Nc1cc(C)ccc1CCN1CCN(c2noc3ccccc23)CC1. The fourth-order valence-electron chi connectivity index (χ4n) is 4.02. The van der Waals surface area contributed by atoms with E-state index in [1.807, 2.05) is 39.0 Å². The highest BCUT2D eigenvalue weighted by Gasteiger charge is 2.21. The second kappa shape index (κ2) is 9.35. The molecule has 0 spiro atoms.